The van der Waals surface area contributed by atoms with Crippen molar-refractivity contribution in [2.24, 2.45) is 0 Å². The van der Waals surface area contributed by atoms with E-state index in [0.717, 1.165) is 55.3 Å². The molecule has 0 aliphatic carbocycles. The lowest BCUT2D eigenvalue weighted by Gasteiger charge is -2.26. The number of rotatable bonds is 8. The summed E-state index contributed by atoms with van der Waals surface area (Å²) in [5.74, 6) is 0.0231. The van der Waals surface area contributed by atoms with Gasteiger partial charge in [-0.2, -0.15) is 0 Å². The second-order valence-electron chi connectivity index (χ2n) is 12.9. The number of hydrogen-bond donors (Lipinski definition) is 0. The molecule has 52 heavy (non-hydrogen) atoms. The second kappa shape index (κ2) is 13.1. The molecule has 8 aromatic rings. The molecular formula is C46H34N2O4. The highest BCUT2D eigenvalue weighted by Crippen LogP contribution is 2.40. The third-order valence-electron chi connectivity index (χ3n) is 9.17. The maximum atomic E-state index is 12.2. The Kier molecular flexibility index (Phi) is 8.12. The molecule has 6 nitrogen and oxygen atoms in total. The summed E-state index contributed by atoms with van der Waals surface area (Å²) in [6.07, 6.45) is 0. The Morgan fingerprint density at radius 3 is 1.37 bits per heavy atom. The zero-order chi connectivity index (χ0) is 35.9. The van der Waals surface area contributed by atoms with Gasteiger partial charge >= 0.3 is 11.9 Å². The van der Waals surface area contributed by atoms with Gasteiger partial charge < -0.3 is 18.9 Å². The van der Waals surface area contributed by atoms with E-state index in [9.17, 15) is 9.59 Å². The van der Waals surface area contributed by atoms with Gasteiger partial charge in [0.15, 0.2) is 0 Å². The lowest BCUT2D eigenvalue weighted by Crippen LogP contribution is -2.10. The van der Waals surface area contributed by atoms with Crippen molar-refractivity contribution in [3.05, 3.63) is 170 Å². The molecule has 7 aromatic carbocycles. The van der Waals surface area contributed by atoms with Crippen molar-refractivity contribution >= 4 is 72.4 Å². The Bertz CT molecular complexity index is 2570. The van der Waals surface area contributed by atoms with Crippen LogP contribution < -0.4 is 14.4 Å². The lowest BCUT2D eigenvalue weighted by atomic mass is 10.1. The second-order valence-corrected chi connectivity index (χ2v) is 12.9. The standard InChI is InChI=1S/C46H34N2O4/c1-29(2)45(49)51-39-23-15-31-25-37(17-13-33(31)27-39)47(38-18-14-34-28-40(24-16-32(34)26-38)52-46(50)30(3)4)35-19-21-36(22-20-35)48-43-11-7-5-9-41(43)42-10-6-8-12-44(42)48/h5-28H,1,3H2,2,4H3. The summed E-state index contributed by atoms with van der Waals surface area (Å²) >= 11 is 0. The van der Waals surface area contributed by atoms with Crippen LogP contribution in [-0.4, -0.2) is 16.5 Å². The Labute approximate surface area is 301 Å². The van der Waals surface area contributed by atoms with E-state index in [1.807, 2.05) is 36.4 Å². The van der Waals surface area contributed by atoms with Crippen LogP contribution in [-0.2, 0) is 9.59 Å². The number of benzene rings is 7. The van der Waals surface area contributed by atoms with Gasteiger partial charge in [0.2, 0.25) is 0 Å². The molecule has 0 fully saturated rings. The van der Waals surface area contributed by atoms with Crippen molar-refractivity contribution in [3.8, 4) is 17.2 Å². The Morgan fingerprint density at radius 2 is 0.904 bits per heavy atom. The van der Waals surface area contributed by atoms with E-state index in [1.54, 1.807) is 26.0 Å². The van der Waals surface area contributed by atoms with Crippen molar-refractivity contribution in [1.82, 2.24) is 4.57 Å². The topological polar surface area (TPSA) is 60.8 Å². The number of nitrogens with zero attached hydrogens (tertiary/aromatic N) is 2. The molecule has 252 valence electrons. The molecule has 0 aliphatic rings. The minimum Gasteiger partial charge on any atom is -0.423 e. The average molecular weight is 679 g/mol. The predicted octanol–water partition coefficient (Wildman–Crippen LogP) is 11.5. The van der Waals surface area contributed by atoms with E-state index in [2.05, 4.69) is 120 Å². The maximum absolute atomic E-state index is 12.2. The van der Waals surface area contributed by atoms with E-state index in [1.165, 1.54) is 10.8 Å². The largest absolute Gasteiger partial charge is 0.423 e. The van der Waals surface area contributed by atoms with Gasteiger partial charge in [0, 0.05) is 44.7 Å². The fourth-order valence-corrected chi connectivity index (χ4v) is 6.61. The monoisotopic (exact) mass is 678 g/mol. The molecular weight excluding hydrogens is 645 g/mol. The molecule has 6 heteroatoms. The minimum absolute atomic E-state index is 0.342. The van der Waals surface area contributed by atoms with Gasteiger partial charge in [-0.25, -0.2) is 9.59 Å². The van der Waals surface area contributed by atoms with Crippen molar-refractivity contribution < 1.29 is 19.1 Å². The summed E-state index contributed by atoms with van der Waals surface area (Å²) in [7, 11) is 0. The summed E-state index contributed by atoms with van der Waals surface area (Å²) in [6, 6.07) is 49.3. The summed E-state index contributed by atoms with van der Waals surface area (Å²) in [5, 5.41) is 6.28. The Balaban J connectivity index is 1.22. The Morgan fingerprint density at radius 1 is 0.500 bits per heavy atom. The molecule has 0 spiro atoms. The number of anilines is 3. The van der Waals surface area contributed by atoms with Gasteiger partial charge in [-0.15, -0.1) is 0 Å². The van der Waals surface area contributed by atoms with Crippen LogP contribution in [0.4, 0.5) is 17.1 Å². The first-order valence-corrected chi connectivity index (χ1v) is 17.0. The fourth-order valence-electron chi connectivity index (χ4n) is 6.61. The van der Waals surface area contributed by atoms with Crippen molar-refractivity contribution in [3.63, 3.8) is 0 Å². The quantitative estimate of drug-likeness (QED) is 0.0909. The normalized spacial score (nSPS) is 11.2. The predicted molar refractivity (Wildman–Crippen MR) is 211 cm³/mol. The highest BCUT2D eigenvalue weighted by Gasteiger charge is 2.17. The number of esters is 2. The van der Waals surface area contributed by atoms with Crippen LogP contribution in [0.5, 0.6) is 11.5 Å². The first-order valence-electron chi connectivity index (χ1n) is 17.0. The van der Waals surface area contributed by atoms with Crippen LogP contribution in [0.3, 0.4) is 0 Å². The van der Waals surface area contributed by atoms with Gasteiger partial charge in [-0.3, -0.25) is 0 Å². The number of para-hydroxylation sites is 2. The molecule has 0 radical (unpaired) electrons. The van der Waals surface area contributed by atoms with Gasteiger partial charge in [-0.1, -0.05) is 73.8 Å². The number of hydrogen-bond acceptors (Lipinski definition) is 5. The molecule has 0 N–H and O–H groups in total. The first-order chi connectivity index (χ1) is 25.2. The summed E-state index contributed by atoms with van der Waals surface area (Å²) < 4.78 is 13.3. The van der Waals surface area contributed by atoms with Crippen LogP contribution in [0, 0.1) is 0 Å². The highest BCUT2D eigenvalue weighted by atomic mass is 16.5. The third kappa shape index (κ3) is 5.97. The van der Waals surface area contributed by atoms with E-state index < -0.39 is 11.9 Å². The van der Waals surface area contributed by atoms with Crippen LogP contribution in [0.2, 0.25) is 0 Å². The van der Waals surface area contributed by atoms with E-state index in [4.69, 9.17) is 9.47 Å². The Hall–Kier alpha value is -6.92. The van der Waals surface area contributed by atoms with Crippen LogP contribution in [0.25, 0.3) is 49.0 Å². The number of carbonyl (C=O) groups is 2. The molecule has 0 saturated carbocycles. The summed E-state index contributed by atoms with van der Waals surface area (Å²) in [4.78, 5) is 26.5. The fraction of sp³-hybridized carbons (Fsp3) is 0.0435. The van der Waals surface area contributed by atoms with Crippen LogP contribution in [0.1, 0.15) is 13.8 Å². The SMILES string of the molecule is C=C(C)C(=O)Oc1ccc2cc(N(c3ccc(-n4c5ccccc5c5ccccc54)cc3)c3ccc4cc(OC(=O)C(=C)C)ccc4c3)ccc2c1. The third-order valence-corrected chi connectivity index (χ3v) is 9.17. The molecule has 0 amide bonds. The van der Waals surface area contributed by atoms with Crippen molar-refractivity contribution in [2.75, 3.05) is 4.90 Å². The number of aromatic nitrogens is 1. The molecule has 0 aliphatic heterocycles. The summed E-state index contributed by atoms with van der Waals surface area (Å²) in [5.41, 5.74) is 6.93. The molecule has 1 aromatic heterocycles. The van der Waals surface area contributed by atoms with E-state index >= 15 is 0 Å². The first kappa shape index (κ1) is 32.3. The molecule has 0 saturated heterocycles. The zero-order valence-electron chi connectivity index (χ0n) is 28.8. The average Bonchev–Trinajstić information content (AvgIpc) is 3.49. The molecule has 0 atom stereocenters. The number of fused-ring (bicyclic) bond motifs is 5. The van der Waals surface area contributed by atoms with Gasteiger partial charge in [-0.05, 0) is 120 Å². The summed E-state index contributed by atoms with van der Waals surface area (Å²) in [6.45, 7) is 10.6. The minimum atomic E-state index is -0.455. The molecule has 0 bridgehead atoms. The van der Waals surface area contributed by atoms with Crippen LogP contribution in [0.15, 0.2) is 170 Å². The van der Waals surface area contributed by atoms with Crippen molar-refractivity contribution in [1.29, 1.82) is 0 Å². The van der Waals surface area contributed by atoms with Gasteiger partial charge in [0.25, 0.3) is 0 Å². The van der Waals surface area contributed by atoms with Gasteiger partial charge in [0.1, 0.15) is 11.5 Å². The van der Waals surface area contributed by atoms with E-state index in [-0.39, 0.29) is 0 Å². The van der Waals surface area contributed by atoms with E-state index in [0.29, 0.717) is 22.6 Å². The van der Waals surface area contributed by atoms with Gasteiger partial charge in [0.05, 0.1) is 11.0 Å². The van der Waals surface area contributed by atoms with Crippen LogP contribution >= 0.6 is 0 Å². The smallest absolute Gasteiger partial charge is 0.338 e. The highest BCUT2D eigenvalue weighted by molar-refractivity contribution is 6.09. The van der Waals surface area contributed by atoms with Crippen molar-refractivity contribution in [2.45, 2.75) is 13.8 Å². The maximum Gasteiger partial charge on any atom is 0.338 e. The number of carbonyl (C=O) groups excluding carboxylic acids is 2. The lowest BCUT2D eigenvalue weighted by molar-refractivity contribution is -0.130. The number of ether oxygens (including phenoxy) is 2. The molecule has 8 rings (SSSR count). The molecule has 1 heterocycles. The molecule has 0 unspecified atom stereocenters. The zero-order valence-corrected chi connectivity index (χ0v) is 28.8.